The minimum Gasteiger partial charge on any atom is -0.494 e. The highest BCUT2D eigenvalue weighted by Gasteiger charge is 2.28. The van der Waals surface area contributed by atoms with Gasteiger partial charge in [-0.1, -0.05) is 11.3 Å². The Kier molecular flexibility index (Phi) is 7.92. The maximum atomic E-state index is 14.6. The maximum absolute atomic E-state index is 14.6. The minimum absolute atomic E-state index is 0.00778. The van der Waals surface area contributed by atoms with Gasteiger partial charge in [0.1, 0.15) is 27.7 Å². The number of nitrogens with zero attached hydrogens (tertiary/aromatic N) is 3. The first-order valence-corrected chi connectivity index (χ1v) is 11.2. The molecular formula is C21H27F2N7O2S. The number of nitrogen functional groups attached to an aromatic ring is 1. The van der Waals surface area contributed by atoms with Crippen LogP contribution in [0.15, 0.2) is 17.1 Å². The lowest BCUT2D eigenvalue weighted by atomic mass is 9.96. The molecule has 0 bridgehead atoms. The fourth-order valence-electron chi connectivity index (χ4n) is 3.75. The van der Waals surface area contributed by atoms with E-state index >= 15 is 0 Å². The van der Waals surface area contributed by atoms with E-state index in [2.05, 4.69) is 15.3 Å². The number of ether oxygens (including phenoxy) is 1. The molecule has 1 aromatic carbocycles. The Bertz CT molecular complexity index is 1050. The summed E-state index contributed by atoms with van der Waals surface area (Å²) in [7, 11) is 2.86. The van der Waals surface area contributed by atoms with Gasteiger partial charge in [0.05, 0.1) is 12.7 Å². The molecule has 1 fully saturated rings. The molecule has 178 valence electrons. The van der Waals surface area contributed by atoms with E-state index in [1.165, 1.54) is 7.11 Å². The molecule has 2 aromatic rings. The number of nitrogens with one attached hydrogen (secondary N) is 2. The number of benzene rings is 1. The van der Waals surface area contributed by atoms with Crippen molar-refractivity contribution in [3.8, 4) is 16.3 Å². The summed E-state index contributed by atoms with van der Waals surface area (Å²) >= 11 is 0.784. The normalized spacial score (nSPS) is 15.9. The van der Waals surface area contributed by atoms with Crippen LogP contribution in [0, 0.1) is 23.0 Å². The zero-order valence-electron chi connectivity index (χ0n) is 18.4. The average Bonchev–Trinajstić information content (AvgIpc) is 3.20. The highest BCUT2D eigenvalue weighted by atomic mass is 32.1. The van der Waals surface area contributed by atoms with Crippen LogP contribution in [0.25, 0.3) is 10.6 Å². The van der Waals surface area contributed by atoms with Crippen molar-refractivity contribution >= 4 is 34.3 Å². The van der Waals surface area contributed by atoms with Crippen molar-refractivity contribution in [3.63, 3.8) is 0 Å². The molecule has 1 aliphatic heterocycles. The Hall–Kier alpha value is -3.12. The van der Waals surface area contributed by atoms with Crippen molar-refractivity contribution in [2.45, 2.75) is 18.9 Å². The summed E-state index contributed by atoms with van der Waals surface area (Å²) < 4.78 is 33.9. The van der Waals surface area contributed by atoms with Crippen LogP contribution in [0.2, 0.25) is 0 Å². The van der Waals surface area contributed by atoms with Gasteiger partial charge in [-0.25, -0.2) is 13.8 Å². The van der Waals surface area contributed by atoms with Crippen LogP contribution in [0.3, 0.4) is 0 Å². The number of aromatic nitrogens is 1. The van der Waals surface area contributed by atoms with Gasteiger partial charge in [-0.15, -0.1) is 0 Å². The first-order valence-electron chi connectivity index (χ1n) is 10.4. The van der Waals surface area contributed by atoms with E-state index < -0.39 is 29.1 Å². The summed E-state index contributed by atoms with van der Waals surface area (Å²) in [5.41, 5.74) is 11.1. The Morgan fingerprint density at radius 1 is 1.45 bits per heavy atom. The third-order valence-corrected chi connectivity index (χ3v) is 6.49. The van der Waals surface area contributed by atoms with Crippen LogP contribution in [0.4, 0.5) is 13.8 Å². The highest BCUT2D eigenvalue weighted by molar-refractivity contribution is 7.19. The molecule has 0 radical (unpaired) electrons. The second-order valence-corrected chi connectivity index (χ2v) is 8.57. The SMILES string of the molecule is CN=C(C(C=N)NC(=O)c1nc(-c2c(F)ccc(OC)c2F)sc1N)N1CCC(CN)CC1. The van der Waals surface area contributed by atoms with Crippen LogP contribution in [-0.4, -0.2) is 67.7 Å². The van der Waals surface area contributed by atoms with Crippen molar-refractivity contribution in [1.29, 1.82) is 5.41 Å². The largest absolute Gasteiger partial charge is 0.494 e. The number of amidine groups is 1. The number of aliphatic imine (C=N–C) groups is 1. The molecule has 1 unspecified atom stereocenters. The van der Waals surface area contributed by atoms with E-state index in [4.69, 9.17) is 21.6 Å². The Balaban J connectivity index is 1.82. The van der Waals surface area contributed by atoms with Gasteiger partial charge >= 0.3 is 0 Å². The van der Waals surface area contributed by atoms with E-state index in [0.29, 0.717) is 31.4 Å². The standard InChI is InChI=1S/C21H27F2N7O2S/c1-27-19(30-7-5-11(9-24)6-8-30)13(10-25)28-20(31)17-18(26)33-21(29-17)15-12(22)3-4-14(32-2)16(15)23/h3-4,10-11,13,25H,5-9,24,26H2,1-2H3,(H,28,31). The summed E-state index contributed by atoms with van der Waals surface area (Å²) in [6.45, 7) is 2.05. The lowest BCUT2D eigenvalue weighted by Crippen LogP contribution is -2.52. The summed E-state index contributed by atoms with van der Waals surface area (Å²) in [4.78, 5) is 23.3. The van der Waals surface area contributed by atoms with Gasteiger partial charge < -0.3 is 31.8 Å². The van der Waals surface area contributed by atoms with Gasteiger partial charge in [0.2, 0.25) is 0 Å². The molecule has 0 saturated carbocycles. The van der Waals surface area contributed by atoms with Crippen molar-refractivity contribution in [1.82, 2.24) is 15.2 Å². The molecule has 9 nitrogen and oxygen atoms in total. The second kappa shape index (κ2) is 10.7. The number of hydrogen-bond acceptors (Lipinski definition) is 8. The van der Waals surface area contributed by atoms with Crippen LogP contribution >= 0.6 is 11.3 Å². The van der Waals surface area contributed by atoms with Gasteiger partial charge in [-0.2, -0.15) is 0 Å². The zero-order valence-corrected chi connectivity index (χ0v) is 19.2. The fraction of sp³-hybridized carbons (Fsp3) is 0.429. The van der Waals surface area contributed by atoms with Crippen molar-refractivity contribution in [3.05, 3.63) is 29.5 Å². The first kappa shape index (κ1) is 24.5. The number of methoxy groups -OCH3 is 1. The molecule has 2 heterocycles. The molecule has 1 aromatic heterocycles. The van der Waals surface area contributed by atoms with E-state index in [9.17, 15) is 13.6 Å². The molecule has 3 rings (SSSR count). The average molecular weight is 480 g/mol. The van der Waals surface area contributed by atoms with Crippen LogP contribution < -0.4 is 21.5 Å². The summed E-state index contributed by atoms with van der Waals surface area (Å²) in [6.07, 6.45) is 2.86. The number of rotatable bonds is 7. The molecule has 1 saturated heterocycles. The minimum atomic E-state index is -0.933. The maximum Gasteiger partial charge on any atom is 0.273 e. The summed E-state index contributed by atoms with van der Waals surface area (Å²) in [6, 6.07) is 1.40. The van der Waals surface area contributed by atoms with Gasteiger partial charge in [0.15, 0.2) is 17.3 Å². The van der Waals surface area contributed by atoms with Crippen molar-refractivity contribution in [2.75, 3.05) is 39.5 Å². The number of anilines is 1. The Morgan fingerprint density at radius 2 is 2.15 bits per heavy atom. The van der Waals surface area contributed by atoms with E-state index in [0.717, 1.165) is 42.5 Å². The summed E-state index contributed by atoms with van der Waals surface area (Å²) in [5.74, 6) is -1.64. The number of likely N-dealkylation sites (tertiary alicyclic amines) is 1. The molecule has 0 spiro atoms. The topological polar surface area (TPSA) is 143 Å². The Morgan fingerprint density at radius 3 is 2.73 bits per heavy atom. The quantitative estimate of drug-likeness (QED) is 0.354. The molecule has 1 aliphatic rings. The van der Waals surface area contributed by atoms with E-state index in [1.54, 1.807) is 7.05 Å². The zero-order chi connectivity index (χ0) is 24.1. The molecule has 33 heavy (non-hydrogen) atoms. The molecule has 1 atom stereocenters. The van der Waals surface area contributed by atoms with Crippen LogP contribution in [-0.2, 0) is 0 Å². The number of hydrogen-bond donors (Lipinski definition) is 4. The predicted molar refractivity (Wildman–Crippen MR) is 125 cm³/mol. The molecule has 6 N–H and O–H groups in total. The number of halogens is 2. The third kappa shape index (κ3) is 5.11. The highest BCUT2D eigenvalue weighted by Crippen LogP contribution is 2.36. The van der Waals surface area contributed by atoms with Crippen molar-refractivity contribution < 1.29 is 18.3 Å². The monoisotopic (exact) mass is 479 g/mol. The van der Waals surface area contributed by atoms with Crippen molar-refractivity contribution in [2.24, 2.45) is 16.6 Å². The van der Waals surface area contributed by atoms with E-state index in [-0.39, 0.29) is 21.5 Å². The van der Waals surface area contributed by atoms with Crippen LogP contribution in [0.5, 0.6) is 5.75 Å². The van der Waals surface area contributed by atoms with Gasteiger partial charge in [0, 0.05) is 26.4 Å². The molecular weight excluding hydrogens is 452 g/mol. The number of nitrogens with two attached hydrogens (primary N) is 2. The number of thiazole rings is 1. The second-order valence-electron chi connectivity index (χ2n) is 7.54. The number of carbonyl (C=O) groups is 1. The van der Waals surface area contributed by atoms with Gasteiger partial charge in [-0.05, 0) is 37.4 Å². The number of amides is 1. The van der Waals surface area contributed by atoms with Crippen LogP contribution in [0.1, 0.15) is 23.3 Å². The van der Waals surface area contributed by atoms with E-state index in [1.807, 2.05) is 4.90 Å². The smallest absolute Gasteiger partial charge is 0.273 e. The lowest BCUT2D eigenvalue weighted by Gasteiger charge is -2.35. The fourth-order valence-corrected chi connectivity index (χ4v) is 4.62. The summed E-state index contributed by atoms with van der Waals surface area (Å²) in [5, 5.41) is 10.4. The third-order valence-electron chi connectivity index (χ3n) is 5.59. The lowest BCUT2D eigenvalue weighted by molar-refractivity contribution is 0.0949. The molecule has 1 amide bonds. The van der Waals surface area contributed by atoms with Gasteiger partial charge in [0.25, 0.3) is 5.91 Å². The predicted octanol–water partition coefficient (Wildman–Crippen LogP) is 2.13. The first-order chi connectivity index (χ1) is 15.8. The van der Waals surface area contributed by atoms with Gasteiger partial charge in [-0.3, -0.25) is 9.79 Å². The molecule has 0 aliphatic carbocycles. The molecule has 12 heteroatoms. The number of carbonyl (C=O) groups excluding carboxylic acids is 1. The Labute approximate surface area is 194 Å². The number of piperidine rings is 1.